The molecule has 0 aromatic heterocycles. The van der Waals surface area contributed by atoms with E-state index in [1.165, 1.54) is 48.7 Å². The Hall–Kier alpha value is -5.21. The SMILES string of the molecule is COC1=C(OC)C(=O)C(Br)=C(C)C1=O.COC1=C(OC)C(=O)C(C)=CC1=O.COc1[c-]c(C)c(OC)c(OC)c1OC.COc1c(C)c(Br)c(OC)c(OC)c1OC.COc1c(O)c(C)c(Br)c(O)c1OC.[Br-].[Mg+2]. The van der Waals surface area contributed by atoms with Crippen LogP contribution in [0.4, 0.5) is 0 Å². The third-order valence-corrected chi connectivity index (χ3v) is 12.8. The van der Waals surface area contributed by atoms with Crippen molar-refractivity contribution >= 4 is 94.0 Å². The first kappa shape index (κ1) is 70.9. The van der Waals surface area contributed by atoms with Gasteiger partial charge in [0, 0.05) is 22.3 Å². The van der Waals surface area contributed by atoms with Gasteiger partial charge in [-0.15, -0.1) is 11.6 Å². The van der Waals surface area contributed by atoms with Gasteiger partial charge in [0.15, 0.2) is 23.0 Å². The monoisotopic (exact) mass is 1310 g/mol. The van der Waals surface area contributed by atoms with E-state index in [0.29, 0.717) is 67.2 Å². The normalized spacial score (nSPS) is 12.4. The summed E-state index contributed by atoms with van der Waals surface area (Å²) in [6.45, 7) is 8.54. The van der Waals surface area contributed by atoms with Crippen LogP contribution in [-0.4, -0.2) is 156 Å². The molecular formula is C49H60Br4MgO20. The molecule has 74 heavy (non-hydrogen) atoms. The minimum Gasteiger partial charge on any atom is -1.00 e. The number of aromatic hydroxyl groups is 2. The Morgan fingerprint density at radius 2 is 0.784 bits per heavy atom. The molecule has 406 valence electrons. The summed E-state index contributed by atoms with van der Waals surface area (Å²) in [5.74, 6) is 3.00. The number of halogens is 4. The van der Waals surface area contributed by atoms with Crippen LogP contribution in [0.5, 0.6) is 69.0 Å². The van der Waals surface area contributed by atoms with Crippen LogP contribution in [0, 0.1) is 26.8 Å². The van der Waals surface area contributed by atoms with Gasteiger partial charge in [-0.2, -0.15) is 0 Å². The molecular weight excluding hydrogens is 1250 g/mol. The molecule has 0 unspecified atom stereocenters. The fourth-order valence-corrected chi connectivity index (χ4v) is 7.58. The molecule has 3 aromatic rings. The van der Waals surface area contributed by atoms with Crippen LogP contribution in [0.3, 0.4) is 0 Å². The van der Waals surface area contributed by atoms with Gasteiger partial charge in [0.25, 0.3) is 0 Å². The molecule has 3 aromatic carbocycles. The third kappa shape index (κ3) is 15.9. The Balaban J connectivity index is 0. The number of rotatable bonds is 14. The zero-order chi connectivity index (χ0) is 55.5. The molecule has 5 rings (SSSR count). The van der Waals surface area contributed by atoms with Gasteiger partial charge in [-0.1, -0.05) is 6.92 Å². The molecule has 0 saturated carbocycles. The van der Waals surface area contributed by atoms with Gasteiger partial charge < -0.3 is 93.5 Å². The predicted molar refractivity (Wildman–Crippen MR) is 280 cm³/mol. The standard InChI is InChI=1S/C11H15BrO4.C11H15O4.C9H11BrO4.C9H9BrO4.C9H10O4.BrH.Mg/c1-6-7(12)9(14-3)11(16-5)10(15-4)8(6)13-2;1-7-6-8(12-2)10(14-4)11(15-5)9(7)13-3;2*1-4-5(10)7(12)9(14-3)8(13-2)6(4)11;1-5-4-6(10)8(12-2)9(13-3)7(5)11;;/h1-5H3;1-5H3;11-12H,1-3H3;1-3H3;4H,1-3H3;1H;/q;-1;;;;;+2/p-1. The van der Waals surface area contributed by atoms with Gasteiger partial charge in [-0.25, -0.2) is 0 Å². The van der Waals surface area contributed by atoms with Crippen molar-refractivity contribution in [2.45, 2.75) is 34.6 Å². The van der Waals surface area contributed by atoms with Crippen molar-refractivity contribution in [3.8, 4) is 69.0 Å². The molecule has 0 bridgehead atoms. The zero-order valence-electron chi connectivity index (χ0n) is 44.5. The van der Waals surface area contributed by atoms with Gasteiger partial charge in [-0.05, 0) is 81.6 Å². The van der Waals surface area contributed by atoms with Gasteiger partial charge in [0.2, 0.25) is 69.2 Å². The smallest absolute Gasteiger partial charge is 1.00 e. The largest absolute Gasteiger partial charge is 2.00 e. The van der Waals surface area contributed by atoms with Gasteiger partial charge in [-0.3, -0.25) is 19.2 Å². The number of allylic oxidation sites excluding steroid dienone is 4. The Morgan fingerprint density at radius 3 is 1.19 bits per heavy atom. The molecule has 0 saturated heterocycles. The predicted octanol–water partition coefficient (Wildman–Crippen LogP) is 5.33. The molecule has 2 N–H and O–H groups in total. The molecule has 0 radical (unpaired) electrons. The number of phenols is 2. The van der Waals surface area contributed by atoms with E-state index < -0.39 is 0 Å². The topological polar surface area (TPSA) is 238 Å². The number of hydrogen-bond donors (Lipinski definition) is 2. The molecule has 0 amide bonds. The van der Waals surface area contributed by atoms with Gasteiger partial charge >= 0.3 is 23.1 Å². The molecule has 2 aliphatic carbocycles. The number of benzene rings is 3. The summed E-state index contributed by atoms with van der Waals surface area (Å²) < 4.78 is 72.4. The van der Waals surface area contributed by atoms with Crippen LogP contribution in [0.2, 0.25) is 0 Å². The maximum absolute atomic E-state index is 11.6. The zero-order valence-corrected chi connectivity index (χ0v) is 52.3. The molecule has 0 aliphatic heterocycles. The summed E-state index contributed by atoms with van der Waals surface area (Å²) in [6, 6.07) is 3.02. The fourth-order valence-electron chi connectivity index (χ4n) is 6.33. The molecule has 0 spiro atoms. The van der Waals surface area contributed by atoms with Crippen molar-refractivity contribution in [3.05, 3.63) is 76.4 Å². The molecule has 2 aliphatic rings. The van der Waals surface area contributed by atoms with E-state index in [1.54, 1.807) is 77.6 Å². The van der Waals surface area contributed by atoms with E-state index >= 15 is 0 Å². The van der Waals surface area contributed by atoms with E-state index in [4.69, 9.17) is 66.3 Å². The third-order valence-electron chi connectivity index (χ3n) is 9.96. The Morgan fingerprint density at radius 1 is 0.405 bits per heavy atom. The van der Waals surface area contributed by atoms with Crippen LogP contribution in [0.1, 0.15) is 30.5 Å². The maximum Gasteiger partial charge on any atom is 2.00 e. The fraction of sp³-hybridized carbons (Fsp3) is 0.388. The minimum absolute atomic E-state index is 0. The average Bonchev–Trinajstić information content (AvgIpc) is 3.38. The summed E-state index contributed by atoms with van der Waals surface area (Å²) in [4.78, 5) is 45.8. The second kappa shape index (κ2) is 33.7. The number of ether oxygens (including phenoxy) is 14. The average molecular weight is 1310 g/mol. The summed E-state index contributed by atoms with van der Waals surface area (Å²) in [5, 5.41) is 19.3. The Kier molecular flexibility index (Phi) is 32.2. The van der Waals surface area contributed by atoms with Crippen LogP contribution in [-0.2, 0) is 38.1 Å². The van der Waals surface area contributed by atoms with Crippen molar-refractivity contribution < 1.29 is 113 Å². The van der Waals surface area contributed by atoms with E-state index in [1.807, 2.05) is 13.8 Å². The number of aryl methyl sites for hydroxylation is 1. The molecule has 20 nitrogen and oxygen atoms in total. The Labute approximate surface area is 482 Å². The number of carbonyl (C=O) groups excluding carboxylic acids is 4. The number of ketones is 4. The number of Topliss-reactive ketones (excluding diaryl/α,β-unsaturated/α-hetero) is 3. The van der Waals surface area contributed by atoms with Crippen LogP contribution >= 0.6 is 47.8 Å². The first-order valence-electron chi connectivity index (χ1n) is 20.5. The van der Waals surface area contributed by atoms with E-state index in [2.05, 4.69) is 53.9 Å². The summed E-state index contributed by atoms with van der Waals surface area (Å²) >= 11 is 9.62. The second-order valence-corrected chi connectivity index (χ2v) is 16.3. The quantitative estimate of drug-likeness (QED) is 0.0898. The van der Waals surface area contributed by atoms with Crippen molar-refractivity contribution in [1.29, 1.82) is 0 Å². The minimum atomic E-state index is -0.374. The van der Waals surface area contributed by atoms with Crippen molar-refractivity contribution in [1.82, 2.24) is 0 Å². The molecule has 0 fully saturated rings. The summed E-state index contributed by atoms with van der Waals surface area (Å²) in [5.41, 5.74) is 2.90. The number of phenolic OH excluding ortho intramolecular Hbond substituents is 2. The maximum atomic E-state index is 11.6. The number of methoxy groups -OCH3 is 14. The van der Waals surface area contributed by atoms with Crippen LogP contribution in [0.15, 0.2) is 53.7 Å². The van der Waals surface area contributed by atoms with Crippen LogP contribution < -0.4 is 64.4 Å². The summed E-state index contributed by atoms with van der Waals surface area (Å²) in [6.07, 6.45) is 1.24. The molecule has 0 heterocycles. The first-order chi connectivity index (χ1) is 34.0. The Bertz CT molecular complexity index is 2520. The van der Waals surface area contributed by atoms with Crippen molar-refractivity contribution in [3.63, 3.8) is 0 Å². The van der Waals surface area contributed by atoms with E-state index in [9.17, 15) is 29.4 Å². The summed E-state index contributed by atoms with van der Waals surface area (Å²) in [7, 11) is 20.6. The van der Waals surface area contributed by atoms with Crippen molar-refractivity contribution in [2.75, 3.05) is 99.5 Å². The molecule has 0 atom stereocenters. The van der Waals surface area contributed by atoms with Crippen molar-refractivity contribution in [2.24, 2.45) is 0 Å². The van der Waals surface area contributed by atoms with Gasteiger partial charge in [0.05, 0.1) is 136 Å². The van der Waals surface area contributed by atoms with E-state index in [0.717, 1.165) is 15.6 Å². The van der Waals surface area contributed by atoms with Gasteiger partial charge in [0.1, 0.15) is 0 Å². The van der Waals surface area contributed by atoms with E-state index in [-0.39, 0.29) is 114 Å². The van der Waals surface area contributed by atoms with Crippen LogP contribution in [0.25, 0.3) is 0 Å². The first-order valence-corrected chi connectivity index (χ1v) is 22.9. The number of carbonyl (C=O) groups is 4. The number of hydrogen-bond acceptors (Lipinski definition) is 20. The second-order valence-electron chi connectivity index (χ2n) is 13.9. The molecule has 25 heteroatoms.